The zero-order valence-corrected chi connectivity index (χ0v) is 17.8. The van der Waals surface area contributed by atoms with E-state index in [1.54, 1.807) is 0 Å². The Labute approximate surface area is 155 Å². The van der Waals surface area contributed by atoms with Crippen molar-refractivity contribution in [1.29, 1.82) is 0 Å². The average Bonchev–Trinajstić information content (AvgIpc) is 2.56. The zero-order valence-electron chi connectivity index (χ0n) is 17.8. The monoisotopic (exact) mass is 339 g/mol. The molecule has 24 heavy (non-hydrogen) atoms. The van der Waals surface area contributed by atoms with Gasteiger partial charge in [-0.05, 0) is 33.0 Å². The SMILES string of the molecule is CCCCCCCCC(CCCCCCC)CCCCCN(C)C. The molecule has 0 bridgehead atoms. The van der Waals surface area contributed by atoms with Gasteiger partial charge >= 0.3 is 0 Å². The maximum absolute atomic E-state index is 2.32. The minimum Gasteiger partial charge on any atom is -0.309 e. The largest absolute Gasteiger partial charge is 0.309 e. The lowest BCUT2D eigenvalue weighted by Crippen LogP contribution is -2.12. The fourth-order valence-electron chi connectivity index (χ4n) is 3.72. The summed E-state index contributed by atoms with van der Waals surface area (Å²) in [5.74, 6) is 1.03. The van der Waals surface area contributed by atoms with Crippen LogP contribution in [0.15, 0.2) is 0 Å². The first-order valence-electron chi connectivity index (χ1n) is 11.3. The lowest BCUT2D eigenvalue weighted by atomic mass is 9.89. The maximum atomic E-state index is 2.32. The number of hydrogen-bond acceptors (Lipinski definition) is 1. The number of unbranched alkanes of at least 4 members (excludes halogenated alkanes) is 11. The van der Waals surface area contributed by atoms with Gasteiger partial charge in [-0.3, -0.25) is 0 Å². The summed E-state index contributed by atoms with van der Waals surface area (Å²) in [6.45, 7) is 5.89. The summed E-state index contributed by atoms with van der Waals surface area (Å²) in [4.78, 5) is 2.32. The molecule has 0 spiro atoms. The van der Waals surface area contributed by atoms with Crippen molar-refractivity contribution < 1.29 is 0 Å². The van der Waals surface area contributed by atoms with E-state index in [0.29, 0.717) is 0 Å². The van der Waals surface area contributed by atoms with Crippen LogP contribution >= 0.6 is 0 Å². The summed E-state index contributed by atoms with van der Waals surface area (Å²) in [5.41, 5.74) is 0. The van der Waals surface area contributed by atoms with Crippen LogP contribution in [-0.4, -0.2) is 25.5 Å². The Kier molecular flexibility index (Phi) is 19.3. The second-order valence-electron chi connectivity index (χ2n) is 8.28. The normalized spacial score (nSPS) is 12.9. The van der Waals surface area contributed by atoms with Gasteiger partial charge in [0.1, 0.15) is 0 Å². The van der Waals surface area contributed by atoms with Crippen LogP contribution in [0.1, 0.15) is 123 Å². The summed E-state index contributed by atoms with van der Waals surface area (Å²) in [6, 6.07) is 0. The summed E-state index contributed by atoms with van der Waals surface area (Å²) < 4.78 is 0. The third-order valence-electron chi connectivity index (χ3n) is 5.40. The molecule has 0 aliphatic heterocycles. The zero-order chi connectivity index (χ0) is 17.9. The molecule has 0 N–H and O–H groups in total. The molecule has 0 aromatic carbocycles. The standard InChI is InChI=1S/C23H49N/c1-5-7-9-11-13-16-20-23(19-15-12-10-8-6-2)21-17-14-18-22-24(3)4/h23H,5-22H2,1-4H3. The van der Waals surface area contributed by atoms with Crippen LogP contribution in [0.25, 0.3) is 0 Å². The van der Waals surface area contributed by atoms with Gasteiger partial charge in [0.2, 0.25) is 0 Å². The first-order chi connectivity index (χ1) is 11.7. The fraction of sp³-hybridized carbons (Fsp3) is 1.00. The third-order valence-corrected chi connectivity index (χ3v) is 5.40. The molecular formula is C23H49N. The molecule has 0 saturated carbocycles. The van der Waals surface area contributed by atoms with Crippen LogP contribution in [0.2, 0.25) is 0 Å². The van der Waals surface area contributed by atoms with Crippen molar-refractivity contribution in [2.75, 3.05) is 20.6 Å². The van der Waals surface area contributed by atoms with Crippen LogP contribution in [-0.2, 0) is 0 Å². The highest BCUT2D eigenvalue weighted by Crippen LogP contribution is 2.24. The molecule has 0 aliphatic rings. The van der Waals surface area contributed by atoms with Gasteiger partial charge in [-0.25, -0.2) is 0 Å². The van der Waals surface area contributed by atoms with E-state index in [1.807, 2.05) is 0 Å². The Morgan fingerprint density at radius 2 is 0.875 bits per heavy atom. The fourth-order valence-corrected chi connectivity index (χ4v) is 3.72. The molecule has 0 amide bonds. The van der Waals surface area contributed by atoms with E-state index in [0.717, 1.165) is 5.92 Å². The minimum absolute atomic E-state index is 1.03. The smallest absolute Gasteiger partial charge is 0.00248 e. The van der Waals surface area contributed by atoms with E-state index in [1.165, 1.54) is 116 Å². The van der Waals surface area contributed by atoms with E-state index in [9.17, 15) is 0 Å². The van der Waals surface area contributed by atoms with Gasteiger partial charge < -0.3 is 4.90 Å². The summed E-state index contributed by atoms with van der Waals surface area (Å²) in [6.07, 6.45) is 24.7. The summed E-state index contributed by atoms with van der Waals surface area (Å²) in [5, 5.41) is 0. The predicted molar refractivity (Wildman–Crippen MR) is 112 cm³/mol. The van der Waals surface area contributed by atoms with Crippen molar-refractivity contribution in [1.82, 2.24) is 4.90 Å². The van der Waals surface area contributed by atoms with E-state index in [-0.39, 0.29) is 0 Å². The average molecular weight is 340 g/mol. The quantitative estimate of drug-likeness (QED) is 0.217. The Morgan fingerprint density at radius 3 is 1.29 bits per heavy atom. The van der Waals surface area contributed by atoms with E-state index in [2.05, 4.69) is 32.8 Å². The molecule has 0 aromatic rings. The highest BCUT2D eigenvalue weighted by Gasteiger charge is 2.08. The molecule has 1 nitrogen and oxygen atoms in total. The Hall–Kier alpha value is -0.0400. The molecule has 0 radical (unpaired) electrons. The van der Waals surface area contributed by atoms with Crippen molar-refractivity contribution in [2.45, 2.75) is 123 Å². The van der Waals surface area contributed by atoms with Crippen molar-refractivity contribution in [3.63, 3.8) is 0 Å². The first kappa shape index (κ1) is 24.0. The molecule has 1 atom stereocenters. The molecule has 0 heterocycles. The van der Waals surface area contributed by atoms with Gasteiger partial charge in [0.25, 0.3) is 0 Å². The molecule has 1 unspecified atom stereocenters. The predicted octanol–water partition coefficient (Wildman–Crippen LogP) is 7.84. The maximum Gasteiger partial charge on any atom is -0.00248 e. The molecule has 0 aromatic heterocycles. The Morgan fingerprint density at radius 1 is 0.500 bits per heavy atom. The molecule has 0 aliphatic carbocycles. The lowest BCUT2D eigenvalue weighted by Gasteiger charge is -2.17. The molecule has 146 valence electrons. The van der Waals surface area contributed by atoms with Crippen LogP contribution in [0.5, 0.6) is 0 Å². The van der Waals surface area contributed by atoms with Gasteiger partial charge in [0.15, 0.2) is 0 Å². The first-order valence-corrected chi connectivity index (χ1v) is 11.3. The van der Waals surface area contributed by atoms with Crippen molar-refractivity contribution in [3.8, 4) is 0 Å². The summed E-state index contributed by atoms with van der Waals surface area (Å²) >= 11 is 0. The molecule has 1 heteroatoms. The number of hydrogen-bond donors (Lipinski definition) is 0. The van der Waals surface area contributed by atoms with Crippen molar-refractivity contribution >= 4 is 0 Å². The Balaban J connectivity index is 3.78. The van der Waals surface area contributed by atoms with E-state index < -0.39 is 0 Å². The highest BCUT2D eigenvalue weighted by atomic mass is 15.0. The van der Waals surface area contributed by atoms with Gasteiger partial charge in [-0.15, -0.1) is 0 Å². The molecule has 0 saturated heterocycles. The van der Waals surface area contributed by atoms with Crippen molar-refractivity contribution in [3.05, 3.63) is 0 Å². The Bertz CT molecular complexity index is 224. The number of rotatable bonds is 19. The molecule has 0 fully saturated rings. The molecular weight excluding hydrogens is 290 g/mol. The van der Waals surface area contributed by atoms with Crippen LogP contribution in [0, 0.1) is 5.92 Å². The van der Waals surface area contributed by atoms with Crippen LogP contribution < -0.4 is 0 Å². The lowest BCUT2D eigenvalue weighted by molar-refractivity contribution is 0.352. The van der Waals surface area contributed by atoms with Crippen molar-refractivity contribution in [2.24, 2.45) is 5.92 Å². The van der Waals surface area contributed by atoms with Crippen LogP contribution in [0.3, 0.4) is 0 Å². The molecule has 0 rings (SSSR count). The minimum atomic E-state index is 1.03. The van der Waals surface area contributed by atoms with Gasteiger partial charge in [0, 0.05) is 0 Å². The second kappa shape index (κ2) is 19.3. The van der Waals surface area contributed by atoms with Gasteiger partial charge in [0.05, 0.1) is 0 Å². The second-order valence-corrected chi connectivity index (χ2v) is 8.28. The van der Waals surface area contributed by atoms with Gasteiger partial charge in [-0.1, -0.05) is 117 Å². The topological polar surface area (TPSA) is 3.24 Å². The highest BCUT2D eigenvalue weighted by molar-refractivity contribution is 4.62. The van der Waals surface area contributed by atoms with Gasteiger partial charge in [-0.2, -0.15) is 0 Å². The van der Waals surface area contributed by atoms with E-state index in [4.69, 9.17) is 0 Å². The summed E-state index contributed by atoms with van der Waals surface area (Å²) in [7, 11) is 4.38. The van der Waals surface area contributed by atoms with Crippen LogP contribution in [0.4, 0.5) is 0 Å². The van der Waals surface area contributed by atoms with E-state index >= 15 is 0 Å². The number of nitrogens with zero attached hydrogens (tertiary/aromatic N) is 1. The third kappa shape index (κ3) is 18.3.